The molecular weight excluding hydrogens is 218 g/mol. The largest absolute Gasteiger partial charge is 0.327 e. The molecule has 0 bridgehead atoms. The van der Waals surface area contributed by atoms with Crippen LogP contribution >= 0.6 is 0 Å². The molecule has 2 saturated heterocycles. The van der Waals surface area contributed by atoms with Crippen LogP contribution in [-0.4, -0.2) is 59.3 Å². The minimum Gasteiger partial charge on any atom is -0.309 e. The van der Waals surface area contributed by atoms with Gasteiger partial charge in [0.15, 0.2) is 0 Å². The minimum absolute atomic E-state index is 0.468. The summed E-state index contributed by atoms with van der Waals surface area (Å²) >= 11 is 0. The van der Waals surface area contributed by atoms with Gasteiger partial charge in [0.05, 0.1) is 4.92 Å². The Morgan fingerprint density at radius 1 is 1.31 bits per heavy atom. The van der Waals surface area contributed by atoms with Gasteiger partial charge >= 0.3 is 12.3 Å². The van der Waals surface area contributed by atoms with Crippen LogP contribution in [0, 0.1) is 10.1 Å². The lowest BCUT2D eigenvalue weighted by Crippen LogP contribution is -2.64. The maximum atomic E-state index is 11.7. The van der Waals surface area contributed by atoms with Crippen molar-refractivity contribution in [3.63, 3.8) is 0 Å². The Morgan fingerprint density at radius 2 is 1.94 bits per heavy atom. The van der Waals surface area contributed by atoms with Crippen molar-refractivity contribution in [3.05, 3.63) is 10.1 Å². The lowest BCUT2D eigenvalue weighted by atomic mass is 10.1. The van der Waals surface area contributed by atoms with Crippen LogP contribution in [0.3, 0.4) is 0 Å². The molecule has 3 amide bonds. The molecule has 0 aromatic rings. The molecular formula is C7H11N5O4. The molecule has 0 spiro atoms. The summed E-state index contributed by atoms with van der Waals surface area (Å²) < 4.78 is 0. The van der Waals surface area contributed by atoms with Crippen molar-refractivity contribution in [1.82, 2.24) is 20.4 Å². The Labute approximate surface area is 90.5 Å². The van der Waals surface area contributed by atoms with E-state index in [9.17, 15) is 19.7 Å². The number of carbonyl (C=O) groups is 2. The van der Waals surface area contributed by atoms with Crippen LogP contribution in [0.4, 0.5) is 4.79 Å². The van der Waals surface area contributed by atoms with Gasteiger partial charge in [-0.25, -0.2) is 15.4 Å². The molecule has 9 nitrogen and oxygen atoms in total. The van der Waals surface area contributed by atoms with Crippen LogP contribution in [0.2, 0.25) is 0 Å². The first kappa shape index (κ1) is 10.8. The first-order valence-corrected chi connectivity index (χ1v) is 4.63. The molecule has 2 heterocycles. The molecule has 3 unspecified atom stereocenters. The lowest BCUT2D eigenvalue weighted by molar-refractivity contribution is -0.532. The number of hydrogen-bond donors (Lipinski definition) is 2. The molecule has 2 aliphatic rings. The Hall–Kier alpha value is -1.74. The van der Waals surface area contributed by atoms with E-state index in [2.05, 4.69) is 10.6 Å². The van der Waals surface area contributed by atoms with Crippen molar-refractivity contribution < 1.29 is 14.5 Å². The summed E-state index contributed by atoms with van der Waals surface area (Å²) in [5.74, 6) is -0.468. The van der Waals surface area contributed by atoms with Gasteiger partial charge in [0.25, 0.3) is 5.91 Å². The van der Waals surface area contributed by atoms with Crippen molar-refractivity contribution in [2.24, 2.45) is 0 Å². The summed E-state index contributed by atoms with van der Waals surface area (Å²) in [5, 5.41) is 15.7. The molecule has 3 atom stereocenters. The zero-order chi connectivity index (χ0) is 12.0. The number of nitrogens with zero attached hydrogens (tertiary/aromatic N) is 3. The maximum Gasteiger partial charge on any atom is 0.327 e. The summed E-state index contributed by atoms with van der Waals surface area (Å²) in [6.45, 7) is 0. The number of nitro groups is 1. The lowest BCUT2D eigenvalue weighted by Gasteiger charge is -2.36. The molecule has 88 valence electrons. The zero-order valence-corrected chi connectivity index (χ0v) is 8.71. The normalized spacial score (nSPS) is 34.2. The van der Waals surface area contributed by atoms with Crippen LogP contribution in [0.5, 0.6) is 0 Å². The van der Waals surface area contributed by atoms with E-state index in [1.54, 1.807) is 0 Å². The maximum absolute atomic E-state index is 11.7. The van der Waals surface area contributed by atoms with Crippen molar-refractivity contribution in [1.29, 1.82) is 0 Å². The van der Waals surface area contributed by atoms with Crippen molar-refractivity contribution in [3.8, 4) is 0 Å². The highest BCUT2D eigenvalue weighted by molar-refractivity contribution is 6.00. The van der Waals surface area contributed by atoms with Gasteiger partial charge in [0.1, 0.15) is 12.2 Å². The smallest absolute Gasteiger partial charge is 0.309 e. The summed E-state index contributed by atoms with van der Waals surface area (Å²) in [6, 6.07) is -1.26. The average molecular weight is 229 g/mol. The molecule has 2 fully saturated rings. The Balaban J connectivity index is 2.25. The molecule has 16 heavy (non-hydrogen) atoms. The quantitative estimate of drug-likeness (QED) is 0.396. The fraction of sp³-hybridized carbons (Fsp3) is 0.714. The number of fused-ring (bicyclic) bond motifs is 1. The van der Waals surface area contributed by atoms with Crippen molar-refractivity contribution in [2.75, 3.05) is 14.1 Å². The number of amides is 3. The second-order valence-corrected chi connectivity index (χ2v) is 3.73. The van der Waals surface area contributed by atoms with Crippen LogP contribution < -0.4 is 10.6 Å². The van der Waals surface area contributed by atoms with Gasteiger partial charge in [-0.3, -0.25) is 19.8 Å². The Bertz CT molecular complexity index is 372. The van der Waals surface area contributed by atoms with Crippen LogP contribution in [0.1, 0.15) is 0 Å². The number of imide groups is 1. The number of carbonyl (C=O) groups excluding carboxylic acids is 2. The summed E-state index contributed by atoms with van der Waals surface area (Å²) in [4.78, 5) is 35.4. The predicted molar refractivity (Wildman–Crippen MR) is 50.6 cm³/mol. The molecule has 0 aliphatic carbocycles. The standard InChI is InChI=1S/C7H11N5O4/c1-10-4-3(5(13)11(2)7(10)14)8-6(9-4)12(15)16/h3-4,6,8-9H,1-2H3. The van der Waals surface area contributed by atoms with E-state index in [0.717, 1.165) is 4.90 Å². The van der Waals surface area contributed by atoms with E-state index in [1.807, 2.05) is 0 Å². The second kappa shape index (κ2) is 3.39. The number of rotatable bonds is 1. The van der Waals surface area contributed by atoms with Gasteiger partial charge in [0.2, 0.25) is 0 Å². The highest BCUT2D eigenvalue weighted by Gasteiger charge is 2.51. The molecule has 2 aliphatic heterocycles. The number of urea groups is 1. The van der Waals surface area contributed by atoms with Crippen LogP contribution in [-0.2, 0) is 4.79 Å². The van der Waals surface area contributed by atoms with E-state index in [0.29, 0.717) is 0 Å². The van der Waals surface area contributed by atoms with Crippen LogP contribution in [0.25, 0.3) is 0 Å². The second-order valence-electron chi connectivity index (χ2n) is 3.73. The third-order valence-electron chi connectivity index (χ3n) is 2.80. The number of hydrogen-bond acceptors (Lipinski definition) is 6. The summed E-state index contributed by atoms with van der Waals surface area (Å²) in [5.41, 5.74) is 0. The zero-order valence-electron chi connectivity index (χ0n) is 8.71. The van der Waals surface area contributed by atoms with Crippen molar-refractivity contribution >= 4 is 11.9 Å². The van der Waals surface area contributed by atoms with E-state index in [-0.39, 0.29) is 0 Å². The fourth-order valence-corrected chi connectivity index (χ4v) is 1.89. The fourth-order valence-electron chi connectivity index (χ4n) is 1.89. The van der Waals surface area contributed by atoms with Gasteiger partial charge in [-0.15, -0.1) is 0 Å². The van der Waals surface area contributed by atoms with Gasteiger partial charge in [-0.2, -0.15) is 0 Å². The highest BCUT2D eigenvalue weighted by Crippen LogP contribution is 2.18. The Kier molecular flexibility index (Phi) is 2.28. The first-order chi connectivity index (χ1) is 7.43. The average Bonchev–Trinajstić information content (AvgIpc) is 2.68. The van der Waals surface area contributed by atoms with Crippen molar-refractivity contribution in [2.45, 2.75) is 18.5 Å². The topological polar surface area (TPSA) is 108 Å². The Morgan fingerprint density at radius 3 is 2.50 bits per heavy atom. The van der Waals surface area contributed by atoms with E-state index in [1.165, 1.54) is 19.0 Å². The predicted octanol–water partition coefficient (Wildman–Crippen LogP) is -2.04. The van der Waals surface area contributed by atoms with Gasteiger partial charge in [-0.1, -0.05) is 0 Å². The van der Waals surface area contributed by atoms with Gasteiger partial charge in [0, 0.05) is 14.1 Å². The van der Waals surface area contributed by atoms with Crippen LogP contribution in [0.15, 0.2) is 0 Å². The summed E-state index contributed by atoms with van der Waals surface area (Å²) in [6.07, 6.45) is -1.88. The summed E-state index contributed by atoms with van der Waals surface area (Å²) in [7, 11) is 2.83. The van der Waals surface area contributed by atoms with E-state index < -0.39 is 35.4 Å². The molecule has 0 saturated carbocycles. The molecule has 0 aromatic carbocycles. The number of nitrogens with one attached hydrogen (secondary N) is 2. The minimum atomic E-state index is -1.21. The number of likely N-dealkylation sites (N-methyl/N-ethyl adjacent to an activating group) is 2. The molecule has 9 heteroatoms. The SMILES string of the molecule is CN1C(=O)C2NC([N+](=O)[O-])NC2N(C)C1=O. The van der Waals surface area contributed by atoms with E-state index in [4.69, 9.17) is 0 Å². The third kappa shape index (κ3) is 1.32. The highest BCUT2D eigenvalue weighted by atomic mass is 16.6. The third-order valence-corrected chi connectivity index (χ3v) is 2.80. The monoisotopic (exact) mass is 229 g/mol. The molecule has 2 N–H and O–H groups in total. The van der Waals surface area contributed by atoms with E-state index >= 15 is 0 Å². The first-order valence-electron chi connectivity index (χ1n) is 4.63. The van der Waals surface area contributed by atoms with Gasteiger partial charge in [-0.05, 0) is 0 Å². The molecule has 2 rings (SSSR count). The van der Waals surface area contributed by atoms with Gasteiger partial charge < -0.3 is 4.90 Å². The molecule has 0 radical (unpaired) electrons. The molecule has 0 aromatic heterocycles.